The van der Waals surface area contributed by atoms with Crippen molar-refractivity contribution < 1.29 is 19.1 Å². The van der Waals surface area contributed by atoms with Crippen LogP contribution in [0, 0.1) is 0 Å². The maximum absolute atomic E-state index is 11.5. The highest BCUT2D eigenvalue weighted by Gasteiger charge is 2.13. The van der Waals surface area contributed by atoms with E-state index in [0.717, 1.165) is 5.56 Å². The molecule has 112 valence electrons. The quantitative estimate of drug-likeness (QED) is 0.568. The SMILES string of the molecule is C[C@@H](OC(=O)CCNC(=O)/C=C/c1ccccc1)C(N)=O. The monoisotopic (exact) mass is 290 g/mol. The fourth-order valence-electron chi connectivity index (χ4n) is 1.40. The zero-order chi connectivity index (χ0) is 15.7. The molecule has 0 radical (unpaired) electrons. The summed E-state index contributed by atoms with van der Waals surface area (Å²) in [6, 6.07) is 9.36. The van der Waals surface area contributed by atoms with Crippen molar-refractivity contribution >= 4 is 23.9 Å². The summed E-state index contributed by atoms with van der Waals surface area (Å²) in [5.74, 6) is -1.61. The van der Waals surface area contributed by atoms with E-state index in [-0.39, 0.29) is 18.9 Å². The second-order valence-electron chi connectivity index (χ2n) is 4.32. The number of hydrogen-bond donors (Lipinski definition) is 2. The normalized spacial score (nSPS) is 11.9. The Kier molecular flexibility index (Phi) is 6.67. The maximum atomic E-state index is 11.5. The van der Waals surface area contributed by atoms with Crippen LogP contribution in [0.4, 0.5) is 0 Å². The lowest BCUT2D eigenvalue weighted by Gasteiger charge is -2.09. The van der Waals surface area contributed by atoms with Crippen molar-refractivity contribution in [2.75, 3.05) is 6.54 Å². The molecule has 0 heterocycles. The molecule has 1 aromatic carbocycles. The van der Waals surface area contributed by atoms with E-state index in [1.807, 2.05) is 30.3 Å². The van der Waals surface area contributed by atoms with Gasteiger partial charge in [0, 0.05) is 12.6 Å². The van der Waals surface area contributed by atoms with Crippen LogP contribution in [0.25, 0.3) is 6.08 Å². The lowest BCUT2D eigenvalue weighted by molar-refractivity contribution is -0.153. The van der Waals surface area contributed by atoms with Crippen LogP contribution in [0.1, 0.15) is 18.9 Å². The number of nitrogens with one attached hydrogen (secondary N) is 1. The van der Waals surface area contributed by atoms with Crippen LogP contribution in [0.5, 0.6) is 0 Å². The fraction of sp³-hybridized carbons (Fsp3) is 0.267. The van der Waals surface area contributed by atoms with Gasteiger partial charge in [-0.25, -0.2) is 0 Å². The number of hydrogen-bond acceptors (Lipinski definition) is 4. The van der Waals surface area contributed by atoms with Crippen molar-refractivity contribution in [2.24, 2.45) is 5.73 Å². The van der Waals surface area contributed by atoms with Crippen LogP contribution in [0.2, 0.25) is 0 Å². The van der Waals surface area contributed by atoms with E-state index in [4.69, 9.17) is 10.5 Å². The molecule has 0 unspecified atom stereocenters. The highest BCUT2D eigenvalue weighted by Crippen LogP contribution is 2.00. The number of esters is 1. The average molecular weight is 290 g/mol. The van der Waals surface area contributed by atoms with Crippen LogP contribution < -0.4 is 11.1 Å². The van der Waals surface area contributed by atoms with Gasteiger partial charge in [0.2, 0.25) is 5.91 Å². The highest BCUT2D eigenvalue weighted by atomic mass is 16.5. The molecule has 0 fully saturated rings. The number of benzene rings is 1. The van der Waals surface area contributed by atoms with E-state index < -0.39 is 18.0 Å². The lowest BCUT2D eigenvalue weighted by Crippen LogP contribution is -2.32. The molecular formula is C15H18N2O4. The number of amides is 2. The van der Waals surface area contributed by atoms with Crippen LogP contribution in [-0.4, -0.2) is 30.4 Å². The van der Waals surface area contributed by atoms with Gasteiger partial charge >= 0.3 is 5.97 Å². The number of carbonyl (C=O) groups is 3. The first-order chi connectivity index (χ1) is 9.99. The third-order valence-electron chi connectivity index (χ3n) is 2.56. The Morgan fingerprint density at radius 3 is 2.57 bits per heavy atom. The molecule has 0 bridgehead atoms. The van der Waals surface area contributed by atoms with Gasteiger partial charge in [0.05, 0.1) is 6.42 Å². The average Bonchev–Trinajstić information content (AvgIpc) is 2.46. The smallest absolute Gasteiger partial charge is 0.308 e. The summed E-state index contributed by atoms with van der Waals surface area (Å²) >= 11 is 0. The molecule has 0 spiro atoms. The summed E-state index contributed by atoms with van der Waals surface area (Å²) in [6.07, 6.45) is 2.06. The Labute approximate surface area is 123 Å². The van der Waals surface area contributed by atoms with E-state index >= 15 is 0 Å². The number of ether oxygens (including phenoxy) is 1. The van der Waals surface area contributed by atoms with Gasteiger partial charge < -0.3 is 15.8 Å². The van der Waals surface area contributed by atoms with Gasteiger partial charge in [0.15, 0.2) is 6.10 Å². The Morgan fingerprint density at radius 1 is 1.29 bits per heavy atom. The largest absolute Gasteiger partial charge is 0.453 e. The maximum Gasteiger partial charge on any atom is 0.308 e. The summed E-state index contributed by atoms with van der Waals surface area (Å²) in [6.45, 7) is 1.52. The molecule has 0 aliphatic carbocycles. The first-order valence-corrected chi connectivity index (χ1v) is 6.49. The number of rotatable bonds is 7. The molecule has 6 nitrogen and oxygen atoms in total. The third-order valence-corrected chi connectivity index (χ3v) is 2.56. The molecular weight excluding hydrogens is 272 g/mol. The first kappa shape index (κ1) is 16.4. The van der Waals surface area contributed by atoms with E-state index in [1.54, 1.807) is 6.08 Å². The van der Waals surface area contributed by atoms with Gasteiger partial charge in [0.25, 0.3) is 5.91 Å². The minimum atomic E-state index is -0.967. The standard InChI is InChI=1S/C15H18N2O4/c1-11(15(16)20)21-14(19)9-10-17-13(18)8-7-12-5-3-2-4-6-12/h2-8,11H,9-10H2,1H3,(H2,16,20)(H,17,18)/b8-7+/t11-/m1/s1. The minimum Gasteiger partial charge on any atom is -0.453 e. The first-order valence-electron chi connectivity index (χ1n) is 6.49. The molecule has 1 atom stereocenters. The van der Waals surface area contributed by atoms with Crippen LogP contribution >= 0.6 is 0 Å². The predicted molar refractivity (Wildman–Crippen MR) is 77.9 cm³/mol. The minimum absolute atomic E-state index is 0.0253. The summed E-state index contributed by atoms with van der Waals surface area (Å²) < 4.78 is 4.74. The van der Waals surface area contributed by atoms with Crippen molar-refractivity contribution in [3.8, 4) is 0 Å². The molecule has 0 saturated heterocycles. The van der Waals surface area contributed by atoms with E-state index in [0.29, 0.717) is 0 Å². The fourth-order valence-corrected chi connectivity index (χ4v) is 1.40. The summed E-state index contributed by atoms with van der Waals surface area (Å²) in [7, 11) is 0. The molecule has 1 rings (SSSR count). The number of carbonyl (C=O) groups excluding carboxylic acids is 3. The molecule has 0 aromatic heterocycles. The molecule has 1 aromatic rings. The molecule has 0 saturated carbocycles. The summed E-state index contributed by atoms with van der Waals surface area (Å²) in [5.41, 5.74) is 5.87. The number of nitrogens with two attached hydrogens (primary N) is 1. The van der Waals surface area contributed by atoms with Gasteiger partial charge in [-0.1, -0.05) is 30.3 Å². The third kappa shape index (κ3) is 6.91. The Balaban J connectivity index is 2.26. The van der Waals surface area contributed by atoms with Crippen molar-refractivity contribution in [1.29, 1.82) is 0 Å². The van der Waals surface area contributed by atoms with Gasteiger partial charge in [-0.3, -0.25) is 14.4 Å². The second-order valence-corrected chi connectivity index (χ2v) is 4.32. The predicted octanol–water partition coefficient (Wildman–Crippen LogP) is 0.623. The molecule has 2 amide bonds. The van der Waals surface area contributed by atoms with Crippen molar-refractivity contribution in [3.05, 3.63) is 42.0 Å². The van der Waals surface area contributed by atoms with Crippen LogP contribution in [0.15, 0.2) is 36.4 Å². The van der Waals surface area contributed by atoms with Crippen LogP contribution in [-0.2, 0) is 19.1 Å². The van der Waals surface area contributed by atoms with Gasteiger partial charge in [0.1, 0.15) is 0 Å². The van der Waals surface area contributed by atoms with Crippen molar-refractivity contribution in [2.45, 2.75) is 19.4 Å². The van der Waals surface area contributed by atoms with Gasteiger partial charge in [-0.2, -0.15) is 0 Å². The van der Waals surface area contributed by atoms with Gasteiger partial charge in [-0.15, -0.1) is 0 Å². The molecule has 6 heteroatoms. The molecule has 21 heavy (non-hydrogen) atoms. The van der Waals surface area contributed by atoms with E-state index in [1.165, 1.54) is 13.0 Å². The summed E-state index contributed by atoms with van der Waals surface area (Å²) in [4.78, 5) is 33.5. The molecule has 0 aliphatic heterocycles. The van der Waals surface area contributed by atoms with Crippen molar-refractivity contribution in [3.63, 3.8) is 0 Å². The van der Waals surface area contributed by atoms with E-state index in [2.05, 4.69) is 5.32 Å². The van der Waals surface area contributed by atoms with Crippen LogP contribution in [0.3, 0.4) is 0 Å². The molecule has 3 N–H and O–H groups in total. The highest BCUT2D eigenvalue weighted by molar-refractivity contribution is 5.91. The second kappa shape index (κ2) is 8.52. The molecule has 0 aliphatic rings. The van der Waals surface area contributed by atoms with Gasteiger partial charge in [-0.05, 0) is 18.6 Å². The number of primary amides is 1. The Bertz CT molecular complexity index is 526. The Morgan fingerprint density at radius 2 is 1.95 bits per heavy atom. The zero-order valence-electron chi connectivity index (χ0n) is 11.7. The topological polar surface area (TPSA) is 98.5 Å². The Hall–Kier alpha value is -2.63. The summed E-state index contributed by atoms with van der Waals surface area (Å²) in [5, 5.41) is 2.54. The van der Waals surface area contributed by atoms with E-state index in [9.17, 15) is 14.4 Å². The van der Waals surface area contributed by atoms with Crippen molar-refractivity contribution in [1.82, 2.24) is 5.32 Å². The lowest BCUT2D eigenvalue weighted by atomic mass is 10.2. The zero-order valence-corrected chi connectivity index (χ0v) is 11.7.